The van der Waals surface area contributed by atoms with E-state index in [1.165, 1.54) is 10.4 Å². The van der Waals surface area contributed by atoms with Crippen LogP contribution in [-0.2, 0) is 10.0 Å². The number of anilines is 1. The Balaban J connectivity index is 3.20. The van der Waals surface area contributed by atoms with Gasteiger partial charge in [-0.1, -0.05) is 13.8 Å². The third-order valence-corrected chi connectivity index (χ3v) is 4.46. The zero-order valence-corrected chi connectivity index (χ0v) is 10.8. The van der Waals surface area contributed by atoms with Gasteiger partial charge in [-0.05, 0) is 24.6 Å². The molecule has 4 nitrogen and oxygen atoms in total. The molecular weight excluding hydrogens is 243 g/mol. The first-order valence-electron chi connectivity index (χ1n) is 5.48. The second-order valence-corrected chi connectivity index (χ2v) is 5.59. The standard InChI is InChI=1S/C11H17FN2O2S/c1-3-7-14(4-2)17(15,16)11-6-5-9(12)8-10(11)13/h5-6,8H,3-4,7,13H2,1-2H3. The number of hydrogen-bond acceptors (Lipinski definition) is 3. The highest BCUT2D eigenvalue weighted by molar-refractivity contribution is 7.89. The first-order chi connectivity index (χ1) is 7.93. The number of nitrogen functional groups attached to an aromatic ring is 1. The lowest BCUT2D eigenvalue weighted by atomic mass is 10.3. The Morgan fingerprint density at radius 3 is 2.47 bits per heavy atom. The highest BCUT2D eigenvalue weighted by atomic mass is 32.2. The smallest absolute Gasteiger partial charge is 0.245 e. The Morgan fingerprint density at radius 2 is 2.00 bits per heavy atom. The van der Waals surface area contributed by atoms with Gasteiger partial charge in [-0.15, -0.1) is 0 Å². The molecule has 1 rings (SSSR count). The molecule has 1 aromatic carbocycles. The summed E-state index contributed by atoms with van der Waals surface area (Å²) in [4.78, 5) is -0.0331. The molecule has 0 aliphatic heterocycles. The third-order valence-electron chi connectivity index (χ3n) is 2.42. The van der Waals surface area contributed by atoms with Gasteiger partial charge >= 0.3 is 0 Å². The summed E-state index contributed by atoms with van der Waals surface area (Å²) in [5.74, 6) is -0.542. The molecule has 0 saturated heterocycles. The van der Waals surface area contributed by atoms with E-state index in [-0.39, 0.29) is 10.6 Å². The van der Waals surface area contributed by atoms with Crippen molar-refractivity contribution < 1.29 is 12.8 Å². The molecule has 17 heavy (non-hydrogen) atoms. The minimum atomic E-state index is -3.62. The van der Waals surface area contributed by atoms with Crippen LogP contribution in [0, 0.1) is 5.82 Å². The number of benzene rings is 1. The quantitative estimate of drug-likeness (QED) is 0.821. The molecule has 2 N–H and O–H groups in total. The van der Waals surface area contributed by atoms with Crippen molar-refractivity contribution in [3.8, 4) is 0 Å². The van der Waals surface area contributed by atoms with Crippen molar-refractivity contribution in [3.05, 3.63) is 24.0 Å². The lowest BCUT2D eigenvalue weighted by Gasteiger charge is -2.20. The zero-order valence-electron chi connectivity index (χ0n) is 9.98. The molecule has 0 spiro atoms. The van der Waals surface area contributed by atoms with Crippen LogP contribution in [0.4, 0.5) is 10.1 Å². The SMILES string of the molecule is CCCN(CC)S(=O)(=O)c1ccc(F)cc1N. The van der Waals surface area contributed by atoms with Gasteiger partial charge in [-0.3, -0.25) is 0 Å². The maximum atomic E-state index is 12.9. The summed E-state index contributed by atoms with van der Waals surface area (Å²) in [7, 11) is -3.62. The van der Waals surface area contributed by atoms with Crippen molar-refractivity contribution in [1.29, 1.82) is 0 Å². The number of sulfonamides is 1. The van der Waals surface area contributed by atoms with Gasteiger partial charge in [0.05, 0.1) is 5.69 Å². The molecule has 0 heterocycles. The predicted octanol–water partition coefficient (Wildman–Crippen LogP) is 1.83. The van der Waals surface area contributed by atoms with Gasteiger partial charge in [0.2, 0.25) is 10.0 Å². The lowest BCUT2D eigenvalue weighted by molar-refractivity contribution is 0.427. The Hall–Kier alpha value is -1.14. The summed E-state index contributed by atoms with van der Waals surface area (Å²) in [5, 5.41) is 0. The molecule has 96 valence electrons. The van der Waals surface area contributed by atoms with E-state index in [4.69, 9.17) is 5.73 Å². The fraction of sp³-hybridized carbons (Fsp3) is 0.455. The van der Waals surface area contributed by atoms with Gasteiger partial charge in [-0.25, -0.2) is 12.8 Å². The van der Waals surface area contributed by atoms with Crippen LogP contribution in [0.15, 0.2) is 23.1 Å². The fourth-order valence-corrected chi connectivity index (χ4v) is 3.23. The van der Waals surface area contributed by atoms with Crippen LogP contribution >= 0.6 is 0 Å². The van der Waals surface area contributed by atoms with Gasteiger partial charge in [-0.2, -0.15) is 4.31 Å². The average Bonchev–Trinajstić information content (AvgIpc) is 2.24. The number of nitrogens with two attached hydrogens (primary N) is 1. The fourth-order valence-electron chi connectivity index (χ4n) is 1.59. The van der Waals surface area contributed by atoms with E-state index in [2.05, 4.69) is 0 Å². The second-order valence-electron chi connectivity index (χ2n) is 3.68. The van der Waals surface area contributed by atoms with Crippen LogP contribution < -0.4 is 5.73 Å². The van der Waals surface area contributed by atoms with Crippen LogP contribution in [0.5, 0.6) is 0 Å². The van der Waals surface area contributed by atoms with Crippen molar-refractivity contribution in [2.75, 3.05) is 18.8 Å². The summed E-state index contributed by atoms with van der Waals surface area (Å²) in [5.41, 5.74) is 5.49. The lowest BCUT2D eigenvalue weighted by Crippen LogP contribution is -2.32. The first kappa shape index (κ1) is 13.9. The van der Waals surface area contributed by atoms with Crippen LogP contribution in [-0.4, -0.2) is 25.8 Å². The molecule has 0 atom stereocenters. The van der Waals surface area contributed by atoms with E-state index >= 15 is 0 Å². The molecule has 0 unspecified atom stereocenters. The Labute approximate surface area is 101 Å². The van der Waals surface area contributed by atoms with E-state index in [1.807, 2.05) is 6.92 Å². The summed E-state index contributed by atoms with van der Waals surface area (Å²) in [6, 6.07) is 3.33. The highest BCUT2D eigenvalue weighted by Crippen LogP contribution is 2.23. The maximum Gasteiger partial charge on any atom is 0.245 e. The normalized spacial score (nSPS) is 12.0. The van der Waals surface area contributed by atoms with E-state index in [0.717, 1.165) is 12.1 Å². The van der Waals surface area contributed by atoms with Crippen molar-refractivity contribution in [2.24, 2.45) is 0 Å². The molecule has 0 aliphatic carbocycles. The minimum Gasteiger partial charge on any atom is -0.398 e. The summed E-state index contributed by atoms with van der Waals surface area (Å²) in [6.45, 7) is 4.45. The van der Waals surface area contributed by atoms with Crippen molar-refractivity contribution in [2.45, 2.75) is 25.2 Å². The molecule has 0 radical (unpaired) electrons. The molecule has 0 aliphatic rings. The van der Waals surface area contributed by atoms with Crippen LogP contribution in [0.1, 0.15) is 20.3 Å². The van der Waals surface area contributed by atoms with E-state index < -0.39 is 15.8 Å². The largest absolute Gasteiger partial charge is 0.398 e. The summed E-state index contributed by atoms with van der Waals surface area (Å²) < 4.78 is 38.6. The molecule has 0 amide bonds. The summed E-state index contributed by atoms with van der Waals surface area (Å²) >= 11 is 0. The Morgan fingerprint density at radius 1 is 1.35 bits per heavy atom. The predicted molar refractivity (Wildman–Crippen MR) is 65.5 cm³/mol. The summed E-state index contributed by atoms with van der Waals surface area (Å²) in [6.07, 6.45) is 0.716. The van der Waals surface area contributed by atoms with E-state index in [9.17, 15) is 12.8 Å². The molecular formula is C11H17FN2O2S. The molecule has 0 saturated carbocycles. The van der Waals surface area contributed by atoms with Gasteiger partial charge in [0.25, 0.3) is 0 Å². The second kappa shape index (κ2) is 5.46. The number of halogens is 1. The van der Waals surface area contributed by atoms with Crippen LogP contribution in [0.3, 0.4) is 0 Å². The highest BCUT2D eigenvalue weighted by Gasteiger charge is 2.24. The van der Waals surface area contributed by atoms with Gasteiger partial charge in [0.15, 0.2) is 0 Å². The van der Waals surface area contributed by atoms with Crippen LogP contribution in [0.25, 0.3) is 0 Å². The minimum absolute atomic E-state index is 0.0331. The number of nitrogens with zero attached hydrogens (tertiary/aromatic N) is 1. The number of hydrogen-bond donors (Lipinski definition) is 1. The van der Waals surface area contributed by atoms with Crippen molar-refractivity contribution in [1.82, 2.24) is 4.31 Å². The van der Waals surface area contributed by atoms with E-state index in [0.29, 0.717) is 19.5 Å². The maximum absolute atomic E-state index is 12.9. The van der Waals surface area contributed by atoms with E-state index in [1.54, 1.807) is 6.92 Å². The Kier molecular flexibility index (Phi) is 4.47. The third kappa shape index (κ3) is 2.95. The first-order valence-corrected chi connectivity index (χ1v) is 6.92. The van der Waals surface area contributed by atoms with Gasteiger partial charge in [0, 0.05) is 13.1 Å². The molecule has 0 aromatic heterocycles. The van der Waals surface area contributed by atoms with Crippen molar-refractivity contribution in [3.63, 3.8) is 0 Å². The molecule has 6 heteroatoms. The monoisotopic (exact) mass is 260 g/mol. The molecule has 1 aromatic rings. The zero-order chi connectivity index (χ0) is 13.1. The average molecular weight is 260 g/mol. The Bertz CT molecular complexity index is 488. The molecule has 0 bridgehead atoms. The topological polar surface area (TPSA) is 63.4 Å². The van der Waals surface area contributed by atoms with Crippen molar-refractivity contribution >= 4 is 15.7 Å². The van der Waals surface area contributed by atoms with Crippen LogP contribution in [0.2, 0.25) is 0 Å². The number of rotatable bonds is 5. The van der Waals surface area contributed by atoms with Gasteiger partial charge in [0.1, 0.15) is 10.7 Å². The van der Waals surface area contributed by atoms with Gasteiger partial charge < -0.3 is 5.73 Å². The molecule has 0 fully saturated rings.